The van der Waals surface area contributed by atoms with Crippen LogP contribution in [0.4, 0.5) is 0 Å². The molecule has 0 aromatic heterocycles. The maximum Gasteiger partial charge on any atom is 0.0747 e. The van der Waals surface area contributed by atoms with E-state index in [0.717, 1.165) is 6.61 Å². The van der Waals surface area contributed by atoms with Gasteiger partial charge in [-0.25, -0.2) is 0 Å². The molecule has 1 aliphatic heterocycles. The zero-order chi connectivity index (χ0) is 6.69. The molecule has 0 amide bonds. The summed E-state index contributed by atoms with van der Waals surface area (Å²) in [5.74, 6) is 0. The summed E-state index contributed by atoms with van der Waals surface area (Å²) in [4.78, 5) is 0. The van der Waals surface area contributed by atoms with Crippen molar-refractivity contribution in [3.8, 4) is 0 Å². The Bertz CT molecular complexity index is 85.0. The molecule has 1 radical (unpaired) electrons. The Kier molecular flexibility index (Phi) is 2.49. The van der Waals surface area contributed by atoms with Crippen LogP contribution >= 0.6 is 0 Å². The standard InChI is InChI=1S/C7H14NO/c1-6-7(8-2)4-3-5-9-6/h6,8H,3-5H2,1-2H3. The van der Waals surface area contributed by atoms with Crippen LogP contribution in [0.1, 0.15) is 19.8 Å². The fraction of sp³-hybridized carbons (Fsp3) is 0.857. The fourth-order valence-corrected chi connectivity index (χ4v) is 1.15. The van der Waals surface area contributed by atoms with Crippen molar-refractivity contribution < 1.29 is 4.74 Å². The van der Waals surface area contributed by atoms with Crippen molar-refractivity contribution in [1.82, 2.24) is 5.32 Å². The van der Waals surface area contributed by atoms with Crippen LogP contribution in [0, 0.1) is 6.04 Å². The van der Waals surface area contributed by atoms with Gasteiger partial charge in [0.25, 0.3) is 0 Å². The van der Waals surface area contributed by atoms with Gasteiger partial charge in [0.15, 0.2) is 0 Å². The first-order valence-corrected chi connectivity index (χ1v) is 3.49. The Hall–Kier alpha value is -0.0800. The summed E-state index contributed by atoms with van der Waals surface area (Å²) in [6.45, 7) is 3.01. The zero-order valence-electron chi connectivity index (χ0n) is 6.11. The first-order valence-electron chi connectivity index (χ1n) is 3.49. The monoisotopic (exact) mass is 128 g/mol. The molecule has 1 unspecified atom stereocenters. The van der Waals surface area contributed by atoms with E-state index in [4.69, 9.17) is 4.74 Å². The Morgan fingerprint density at radius 2 is 2.44 bits per heavy atom. The fourth-order valence-electron chi connectivity index (χ4n) is 1.15. The third kappa shape index (κ3) is 1.66. The van der Waals surface area contributed by atoms with Crippen LogP contribution in [-0.4, -0.2) is 19.8 Å². The van der Waals surface area contributed by atoms with E-state index in [1.165, 1.54) is 18.9 Å². The summed E-state index contributed by atoms with van der Waals surface area (Å²) in [7, 11) is 1.96. The normalized spacial score (nSPS) is 30.7. The molecule has 0 saturated carbocycles. The Balaban J connectivity index is 2.30. The number of nitrogens with one attached hydrogen (secondary N) is 1. The lowest BCUT2D eigenvalue weighted by Crippen LogP contribution is -2.33. The van der Waals surface area contributed by atoms with Gasteiger partial charge in [-0.3, -0.25) is 0 Å². The van der Waals surface area contributed by atoms with E-state index in [-0.39, 0.29) is 0 Å². The Morgan fingerprint density at radius 1 is 1.67 bits per heavy atom. The SMILES string of the molecule is CN[C]1CCCOC1C. The Labute approximate surface area is 56.6 Å². The highest BCUT2D eigenvalue weighted by molar-refractivity contribution is 4.93. The third-order valence-corrected chi connectivity index (χ3v) is 1.77. The lowest BCUT2D eigenvalue weighted by atomic mass is 10.0. The van der Waals surface area contributed by atoms with Crippen molar-refractivity contribution in [2.24, 2.45) is 0 Å². The van der Waals surface area contributed by atoms with Gasteiger partial charge in [-0.05, 0) is 26.8 Å². The van der Waals surface area contributed by atoms with Crippen LogP contribution in [0.15, 0.2) is 0 Å². The summed E-state index contributed by atoms with van der Waals surface area (Å²) >= 11 is 0. The molecule has 1 fully saturated rings. The molecule has 0 bridgehead atoms. The number of likely N-dealkylation sites (N-methyl/N-ethyl adjacent to an activating group) is 1. The molecule has 0 aromatic rings. The van der Waals surface area contributed by atoms with E-state index in [0.29, 0.717) is 6.10 Å². The largest absolute Gasteiger partial charge is 0.377 e. The quantitative estimate of drug-likeness (QED) is 0.567. The van der Waals surface area contributed by atoms with Crippen molar-refractivity contribution in [3.05, 3.63) is 6.04 Å². The molecular formula is C7H14NO. The average Bonchev–Trinajstić information content (AvgIpc) is 1.89. The molecule has 1 aliphatic rings. The molecule has 0 aromatic carbocycles. The molecule has 53 valence electrons. The molecule has 1 heterocycles. The minimum Gasteiger partial charge on any atom is -0.377 e. The molecular weight excluding hydrogens is 114 g/mol. The Morgan fingerprint density at radius 3 is 2.89 bits per heavy atom. The maximum atomic E-state index is 5.38. The zero-order valence-corrected chi connectivity index (χ0v) is 6.11. The van der Waals surface area contributed by atoms with E-state index >= 15 is 0 Å². The van der Waals surface area contributed by atoms with E-state index in [1.54, 1.807) is 0 Å². The molecule has 2 heteroatoms. The van der Waals surface area contributed by atoms with Crippen molar-refractivity contribution in [3.63, 3.8) is 0 Å². The van der Waals surface area contributed by atoms with E-state index in [1.807, 2.05) is 7.05 Å². The van der Waals surface area contributed by atoms with Gasteiger partial charge in [0.05, 0.1) is 12.1 Å². The molecule has 9 heavy (non-hydrogen) atoms. The highest BCUT2D eigenvalue weighted by atomic mass is 16.5. The van der Waals surface area contributed by atoms with Crippen LogP contribution in [0.2, 0.25) is 0 Å². The predicted molar refractivity (Wildman–Crippen MR) is 37.0 cm³/mol. The van der Waals surface area contributed by atoms with Crippen LogP contribution in [0.3, 0.4) is 0 Å². The molecule has 1 rings (SSSR count). The smallest absolute Gasteiger partial charge is 0.0747 e. The topological polar surface area (TPSA) is 21.3 Å². The van der Waals surface area contributed by atoms with E-state index in [9.17, 15) is 0 Å². The lowest BCUT2D eigenvalue weighted by Gasteiger charge is -2.27. The van der Waals surface area contributed by atoms with Crippen LogP contribution in [0.25, 0.3) is 0 Å². The van der Waals surface area contributed by atoms with Crippen molar-refractivity contribution in [2.75, 3.05) is 13.7 Å². The summed E-state index contributed by atoms with van der Waals surface area (Å²) in [5, 5.41) is 3.15. The van der Waals surface area contributed by atoms with Crippen LogP contribution < -0.4 is 5.32 Å². The maximum absolute atomic E-state index is 5.38. The van der Waals surface area contributed by atoms with Crippen molar-refractivity contribution in [1.29, 1.82) is 0 Å². The van der Waals surface area contributed by atoms with Gasteiger partial charge in [-0.15, -0.1) is 0 Å². The first-order chi connectivity index (χ1) is 4.34. The van der Waals surface area contributed by atoms with Crippen molar-refractivity contribution >= 4 is 0 Å². The molecule has 2 nitrogen and oxygen atoms in total. The number of ether oxygens (including phenoxy) is 1. The molecule has 1 atom stereocenters. The van der Waals surface area contributed by atoms with Crippen molar-refractivity contribution in [2.45, 2.75) is 25.9 Å². The summed E-state index contributed by atoms with van der Waals surface area (Å²) in [5.41, 5.74) is 0. The van der Waals surface area contributed by atoms with E-state index in [2.05, 4.69) is 12.2 Å². The summed E-state index contributed by atoms with van der Waals surface area (Å²) in [6, 6.07) is 1.33. The van der Waals surface area contributed by atoms with Crippen LogP contribution in [-0.2, 0) is 4.74 Å². The van der Waals surface area contributed by atoms with Crippen LogP contribution in [0.5, 0.6) is 0 Å². The second-order valence-electron chi connectivity index (χ2n) is 2.39. The van der Waals surface area contributed by atoms with E-state index < -0.39 is 0 Å². The molecule has 0 aliphatic carbocycles. The van der Waals surface area contributed by atoms with Gasteiger partial charge in [-0.1, -0.05) is 0 Å². The van der Waals surface area contributed by atoms with Gasteiger partial charge >= 0.3 is 0 Å². The average molecular weight is 128 g/mol. The van der Waals surface area contributed by atoms with Gasteiger partial charge in [0, 0.05) is 6.61 Å². The predicted octanol–water partition coefficient (Wildman–Crippen LogP) is 0.937. The minimum atomic E-state index is 0.323. The van der Waals surface area contributed by atoms with Gasteiger partial charge < -0.3 is 10.1 Å². The first kappa shape index (κ1) is 7.03. The van der Waals surface area contributed by atoms with Gasteiger partial charge in [0.1, 0.15) is 0 Å². The lowest BCUT2D eigenvalue weighted by molar-refractivity contribution is 0.0382. The number of hydrogen-bond acceptors (Lipinski definition) is 2. The third-order valence-electron chi connectivity index (χ3n) is 1.77. The van der Waals surface area contributed by atoms with Gasteiger partial charge in [0.2, 0.25) is 0 Å². The number of hydrogen-bond donors (Lipinski definition) is 1. The molecule has 0 spiro atoms. The second-order valence-corrected chi connectivity index (χ2v) is 2.39. The minimum absolute atomic E-state index is 0.323. The highest BCUT2D eigenvalue weighted by Crippen LogP contribution is 2.18. The summed E-state index contributed by atoms with van der Waals surface area (Å²) < 4.78 is 5.38. The highest BCUT2D eigenvalue weighted by Gasteiger charge is 2.20. The molecule has 1 N–H and O–H groups in total. The second kappa shape index (κ2) is 3.18. The number of rotatable bonds is 1. The summed E-state index contributed by atoms with van der Waals surface area (Å²) in [6.07, 6.45) is 2.67. The molecule has 1 saturated heterocycles. The van der Waals surface area contributed by atoms with Gasteiger partial charge in [-0.2, -0.15) is 0 Å².